The summed E-state index contributed by atoms with van der Waals surface area (Å²) in [6.45, 7) is 4.35. The largest absolute Gasteiger partial charge is 0.462 e. The van der Waals surface area contributed by atoms with Crippen LogP contribution in [0.2, 0.25) is 4.34 Å². The topological polar surface area (TPSA) is 63.7 Å². The Hall–Kier alpha value is -1.41. The first kappa shape index (κ1) is 18.9. The van der Waals surface area contributed by atoms with Crippen LogP contribution in [0.5, 0.6) is 0 Å². The number of halogens is 1. The van der Waals surface area contributed by atoms with Gasteiger partial charge < -0.3 is 4.74 Å². The molecule has 0 radical (unpaired) electrons. The zero-order valence-electron chi connectivity index (χ0n) is 13.4. The van der Waals surface area contributed by atoms with Crippen molar-refractivity contribution >= 4 is 38.9 Å². The van der Waals surface area contributed by atoms with Crippen molar-refractivity contribution in [2.75, 3.05) is 13.2 Å². The number of rotatable bonds is 7. The van der Waals surface area contributed by atoms with Gasteiger partial charge in [0.05, 0.1) is 21.4 Å². The molecule has 0 amide bonds. The minimum Gasteiger partial charge on any atom is -0.462 e. The maximum atomic E-state index is 12.8. The molecule has 130 valence electrons. The monoisotopic (exact) mass is 387 g/mol. The lowest BCUT2D eigenvalue weighted by atomic mass is 10.2. The van der Waals surface area contributed by atoms with Crippen LogP contribution in [0.15, 0.2) is 41.3 Å². The minimum atomic E-state index is -3.65. The molecule has 24 heavy (non-hydrogen) atoms. The van der Waals surface area contributed by atoms with Crippen molar-refractivity contribution in [2.24, 2.45) is 0 Å². The lowest BCUT2D eigenvalue weighted by Gasteiger charge is -2.20. The number of nitrogens with zero attached hydrogens (tertiary/aromatic N) is 1. The van der Waals surface area contributed by atoms with Crippen molar-refractivity contribution in [1.82, 2.24) is 4.31 Å². The fourth-order valence-corrected chi connectivity index (χ4v) is 4.72. The molecule has 0 aliphatic rings. The Bertz CT molecular complexity index is 800. The van der Waals surface area contributed by atoms with Crippen LogP contribution < -0.4 is 0 Å². The molecule has 0 aliphatic heterocycles. The van der Waals surface area contributed by atoms with E-state index in [9.17, 15) is 13.2 Å². The van der Waals surface area contributed by atoms with Crippen LogP contribution in [0, 0.1) is 0 Å². The predicted molar refractivity (Wildman–Crippen MR) is 95.0 cm³/mol. The number of hydrogen-bond donors (Lipinski definition) is 0. The van der Waals surface area contributed by atoms with Gasteiger partial charge in [0.1, 0.15) is 0 Å². The Labute approximate surface area is 150 Å². The van der Waals surface area contributed by atoms with Gasteiger partial charge in [0, 0.05) is 18.0 Å². The van der Waals surface area contributed by atoms with Crippen molar-refractivity contribution in [3.63, 3.8) is 0 Å². The number of hydrogen-bond acceptors (Lipinski definition) is 5. The Kier molecular flexibility index (Phi) is 6.40. The van der Waals surface area contributed by atoms with Crippen molar-refractivity contribution < 1.29 is 17.9 Å². The van der Waals surface area contributed by atoms with Gasteiger partial charge in [-0.3, -0.25) is 0 Å². The summed E-state index contributed by atoms with van der Waals surface area (Å²) in [7, 11) is -3.65. The van der Waals surface area contributed by atoms with E-state index in [4.69, 9.17) is 16.3 Å². The van der Waals surface area contributed by atoms with E-state index in [1.807, 2.05) is 6.07 Å². The van der Waals surface area contributed by atoms with Gasteiger partial charge in [0.2, 0.25) is 10.0 Å². The number of ether oxygens (including phenoxy) is 1. The molecule has 0 spiro atoms. The van der Waals surface area contributed by atoms with Crippen molar-refractivity contribution in [1.29, 1.82) is 0 Å². The van der Waals surface area contributed by atoms with Crippen LogP contribution in [0.4, 0.5) is 0 Å². The minimum absolute atomic E-state index is 0.139. The Balaban J connectivity index is 2.22. The Morgan fingerprint density at radius 3 is 2.33 bits per heavy atom. The van der Waals surface area contributed by atoms with Gasteiger partial charge >= 0.3 is 5.97 Å². The lowest BCUT2D eigenvalue weighted by molar-refractivity contribution is 0.0526. The van der Waals surface area contributed by atoms with Crippen LogP contribution in [0.25, 0.3) is 0 Å². The van der Waals surface area contributed by atoms with Gasteiger partial charge in [-0.05, 0) is 43.3 Å². The van der Waals surface area contributed by atoms with E-state index in [0.717, 1.165) is 4.88 Å². The van der Waals surface area contributed by atoms with Crippen molar-refractivity contribution in [3.8, 4) is 0 Å². The molecule has 0 atom stereocenters. The fourth-order valence-electron chi connectivity index (χ4n) is 2.10. The summed E-state index contributed by atoms with van der Waals surface area (Å²) in [6.07, 6.45) is 0. The zero-order valence-corrected chi connectivity index (χ0v) is 15.7. The van der Waals surface area contributed by atoms with E-state index < -0.39 is 16.0 Å². The summed E-state index contributed by atoms with van der Waals surface area (Å²) < 4.78 is 32.4. The summed E-state index contributed by atoms with van der Waals surface area (Å²) >= 11 is 7.25. The fraction of sp³-hybridized carbons (Fsp3) is 0.312. The molecule has 8 heteroatoms. The first-order valence-electron chi connectivity index (χ1n) is 7.40. The van der Waals surface area contributed by atoms with Crippen molar-refractivity contribution in [2.45, 2.75) is 25.3 Å². The molecule has 0 bridgehead atoms. The second-order valence-electron chi connectivity index (χ2n) is 4.88. The number of esters is 1. The van der Waals surface area contributed by atoms with Crippen LogP contribution in [-0.4, -0.2) is 31.8 Å². The highest BCUT2D eigenvalue weighted by molar-refractivity contribution is 7.89. The summed E-state index contributed by atoms with van der Waals surface area (Å²) in [5, 5.41) is 0. The molecule has 1 aromatic carbocycles. The normalized spacial score (nSPS) is 11.7. The van der Waals surface area contributed by atoms with E-state index in [1.54, 1.807) is 19.9 Å². The zero-order chi connectivity index (χ0) is 17.7. The number of carbonyl (C=O) groups is 1. The predicted octanol–water partition coefficient (Wildman–Crippen LogP) is 3.79. The standard InChI is InChI=1S/C16H18ClNO4S2/c1-3-18(11-13-7-10-15(17)23-13)24(20,21)14-8-5-12(6-9-14)16(19)22-4-2/h5-10H,3-4,11H2,1-2H3. The van der Waals surface area contributed by atoms with Gasteiger partial charge in [0.25, 0.3) is 0 Å². The third-order valence-corrected chi connectivity index (χ3v) is 6.47. The summed E-state index contributed by atoms with van der Waals surface area (Å²) in [5.41, 5.74) is 0.323. The van der Waals surface area contributed by atoms with Crippen LogP contribution in [-0.2, 0) is 21.3 Å². The second-order valence-corrected chi connectivity index (χ2v) is 8.62. The molecule has 1 aromatic heterocycles. The van der Waals surface area contributed by atoms with E-state index in [0.29, 0.717) is 16.4 Å². The first-order chi connectivity index (χ1) is 11.4. The van der Waals surface area contributed by atoms with Gasteiger partial charge in [-0.15, -0.1) is 11.3 Å². The highest BCUT2D eigenvalue weighted by atomic mass is 35.5. The molecule has 0 aliphatic carbocycles. The van der Waals surface area contributed by atoms with Gasteiger partial charge in [-0.25, -0.2) is 13.2 Å². The third kappa shape index (κ3) is 4.36. The molecule has 0 saturated carbocycles. The lowest BCUT2D eigenvalue weighted by Crippen LogP contribution is -2.30. The average Bonchev–Trinajstić information content (AvgIpc) is 2.98. The summed E-state index contributed by atoms with van der Waals surface area (Å²) in [4.78, 5) is 12.7. The van der Waals surface area contributed by atoms with E-state index in [1.165, 1.54) is 39.9 Å². The molecule has 2 aromatic rings. The maximum Gasteiger partial charge on any atom is 0.338 e. The molecular formula is C16H18ClNO4S2. The van der Waals surface area contributed by atoms with Gasteiger partial charge in [-0.2, -0.15) is 4.31 Å². The number of thiophene rings is 1. The Morgan fingerprint density at radius 2 is 1.83 bits per heavy atom. The Morgan fingerprint density at radius 1 is 1.17 bits per heavy atom. The van der Waals surface area contributed by atoms with E-state index in [-0.39, 0.29) is 18.0 Å². The second kappa shape index (κ2) is 8.11. The van der Waals surface area contributed by atoms with Gasteiger partial charge in [-0.1, -0.05) is 18.5 Å². The molecule has 0 saturated heterocycles. The van der Waals surface area contributed by atoms with Crippen molar-refractivity contribution in [3.05, 3.63) is 51.2 Å². The quantitative estimate of drug-likeness (QED) is 0.678. The molecule has 2 rings (SSSR count). The van der Waals surface area contributed by atoms with Gasteiger partial charge in [0.15, 0.2) is 0 Å². The summed E-state index contributed by atoms with van der Waals surface area (Å²) in [6, 6.07) is 9.32. The SMILES string of the molecule is CCOC(=O)c1ccc(S(=O)(=O)N(CC)Cc2ccc(Cl)s2)cc1. The smallest absolute Gasteiger partial charge is 0.338 e. The van der Waals surface area contributed by atoms with E-state index in [2.05, 4.69) is 0 Å². The third-order valence-electron chi connectivity index (χ3n) is 3.32. The maximum absolute atomic E-state index is 12.8. The molecule has 0 unspecified atom stereocenters. The molecule has 5 nitrogen and oxygen atoms in total. The van der Waals surface area contributed by atoms with E-state index >= 15 is 0 Å². The molecular weight excluding hydrogens is 370 g/mol. The molecule has 0 fully saturated rings. The molecule has 1 heterocycles. The highest BCUT2D eigenvalue weighted by Crippen LogP contribution is 2.25. The highest BCUT2D eigenvalue weighted by Gasteiger charge is 2.24. The number of carbonyl (C=O) groups excluding carboxylic acids is 1. The average molecular weight is 388 g/mol. The van der Waals surface area contributed by atoms with Crippen LogP contribution >= 0.6 is 22.9 Å². The number of benzene rings is 1. The summed E-state index contributed by atoms with van der Waals surface area (Å²) in [5.74, 6) is -0.470. The van der Waals surface area contributed by atoms with Crippen LogP contribution in [0.1, 0.15) is 29.1 Å². The van der Waals surface area contributed by atoms with Crippen LogP contribution in [0.3, 0.4) is 0 Å². The number of sulfonamides is 1. The molecule has 0 N–H and O–H groups in total. The first-order valence-corrected chi connectivity index (χ1v) is 10.0.